The molecule has 0 saturated carbocycles. The van der Waals surface area contributed by atoms with Crippen LogP contribution in [0.25, 0.3) is 0 Å². The van der Waals surface area contributed by atoms with Gasteiger partial charge in [-0.05, 0) is 58.2 Å². The minimum Gasteiger partial charge on any atom is -0.444 e. The standard InChI is InChI=1S/C15H24N2O2/c1-6-7-8-12-9-11(2)10-13(16-12)17-14(18)19-15(3,4)5/h9-10H,6-8H2,1-5H3,(H,16,17,18). The van der Waals surface area contributed by atoms with Crippen LogP contribution in [0.2, 0.25) is 0 Å². The van der Waals surface area contributed by atoms with E-state index >= 15 is 0 Å². The number of nitrogens with zero attached hydrogens (tertiary/aromatic N) is 1. The Morgan fingerprint density at radius 3 is 2.63 bits per heavy atom. The molecule has 0 aliphatic rings. The van der Waals surface area contributed by atoms with Gasteiger partial charge in [0, 0.05) is 5.69 Å². The second-order valence-electron chi connectivity index (χ2n) is 5.75. The molecule has 19 heavy (non-hydrogen) atoms. The fraction of sp³-hybridized carbons (Fsp3) is 0.600. The predicted molar refractivity (Wildman–Crippen MR) is 77.4 cm³/mol. The van der Waals surface area contributed by atoms with Crippen LogP contribution in [-0.4, -0.2) is 16.7 Å². The first-order valence-corrected chi connectivity index (χ1v) is 6.77. The average molecular weight is 264 g/mol. The van der Waals surface area contributed by atoms with Crippen LogP contribution >= 0.6 is 0 Å². The molecule has 1 aromatic heterocycles. The van der Waals surface area contributed by atoms with Crippen LogP contribution in [0.4, 0.5) is 10.6 Å². The molecule has 0 aliphatic carbocycles. The third-order valence-electron chi connectivity index (χ3n) is 2.44. The quantitative estimate of drug-likeness (QED) is 0.891. The van der Waals surface area contributed by atoms with Crippen molar-refractivity contribution in [1.82, 2.24) is 4.98 Å². The fourth-order valence-corrected chi connectivity index (χ4v) is 1.70. The zero-order chi connectivity index (χ0) is 14.5. The predicted octanol–water partition coefficient (Wildman–Crippen LogP) is 4.08. The highest BCUT2D eigenvalue weighted by molar-refractivity contribution is 5.83. The third-order valence-corrected chi connectivity index (χ3v) is 2.44. The van der Waals surface area contributed by atoms with Crippen LogP contribution < -0.4 is 5.32 Å². The summed E-state index contributed by atoms with van der Waals surface area (Å²) in [5.74, 6) is 0.556. The summed E-state index contributed by atoms with van der Waals surface area (Å²) in [5.41, 5.74) is 1.60. The summed E-state index contributed by atoms with van der Waals surface area (Å²) >= 11 is 0. The van der Waals surface area contributed by atoms with Gasteiger partial charge in [0.1, 0.15) is 11.4 Å². The van der Waals surface area contributed by atoms with E-state index in [4.69, 9.17) is 4.74 Å². The van der Waals surface area contributed by atoms with Crippen molar-refractivity contribution in [3.8, 4) is 0 Å². The molecule has 0 radical (unpaired) electrons. The molecule has 4 heteroatoms. The van der Waals surface area contributed by atoms with Gasteiger partial charge >= 0.3 is 6.09 Å². The minimum atomic E-state index is -0.501. The Hall–Kier alpha value is -1.58. The molecule has 0 saturated heterocycles. The third kappa shape index (κ3) is 6.22. The summed E-state index contributed by atoms with van der Waals surface area (Å²) in [4.78, 5) is 16.1. The maximum atomic E-state index is 11.7. The summed E-state index contributed by atoms with van der Waals surface area (Å²) in [5, 5.41) is 2.68. The van der Waals surface area contributed by atoms with Crippen molar-refractivity contribution in [2.45, 2.75) is 59.5 Å². The van der Waals surface area contributed by atoms with Crippen LogP contribution in [0.15, 0.2) is 12.1 Å². The van der Waals surface area contributed by atoms with Gasteiger partial charge in [0.2, 0.25) is 0 Å². The van der Waals surface area contributed by atoms with E-state index in [1.54, 1.807) is 0 Å². The van der Waals surface area contributed by atoms with Crippen LogP contribution in [0, 0.1) is 6.92 Å². The lowest BCUT2D eigenvalue weighted by atomic mass is 10.1. The Bertz CT molecular complexity index is 436. The largest absolute Gasteiger partial charge is 0.444 e. The molecule has 0 aromatic carbocycles. The molecule has 1 amide bonds. The number of unbranched alkanes of at least 4 members (excludes halogenated alkanes) is 1. The van der Waals surface area contributed by atoms with Gasteiger partial charge in [0.25, 0.3) is 0 Å². The number of hydrogen-bond acceptors (Lipinski definition) is 3. The Morgan fingerprint density at radius 2 is 2.05 bits per heavy atom. The summed E-state index contributed by atoms with van der Waals surface area (Å²) < 4.78 is 5.21. The number of carbonyl (C=O) groups is 1. The van der Waals surface area contributed by atoms with Crippen molar-refractivity contribution in [2.24, 2.45) is 0 Å². The Morgan fingerprint density at radius 1 is 1.37 bits per heavy atom. The second-order valence-corrected chi connectivity index (χ2v) is 5.75. The molecule has 1 N–H and O–H groups in total. The number of amides is 1. The zero-order valence-corrected chi connectivity index (χ0v) is 12.5. The van der Waals surface area contributed by atoms with E-state index in [-0.39, 0.29) is 0 Å². The molecule has 0 fully saturated rings. The van der Waals surface area contributed by atoms with Crippen LogP contribution in [-0.2, 0) is 11.2 Å². The van der Waals surface area contributed by atoms with Gasteiger partial charge in [-0.1, -0.05) is 13.3 Å². The van der Waals surface area contributed by atoms with Gasteiger partial charge in [0.15, 0.2) is 0 Å². The molecular formula is C15H24N2O2. The van der Waals surface area contributed by atoms with Crippen molar-refractivity contribution in [1.29, 1.82) is 0 Å². The topological polar surface area (TPSA) is 51.2 Å². The molecule has 4 nitrogen and oxygen atoms in total. The molecule has 0 bridgehead atoms. The molecule has 0 aliphatic heterocycles. The van der Waals surface area contributed by atoms with Crippen molar-refractivity contribution in [3.05, 3.63) is 23.4 Å². The first kappa shape index (κ1) is 15.5. The lowest BCUT2D eigenvalue weighted by Crippen LogP contribution is -2.27. The number of hydrogen-bond donors (Lipinski definition) is 1. The zero-order valence-electron chi connectivity index (χ0n) is 12.5. The van der Waals surface area contributed by atoms with E-state index in [2.05, 4.69) is 23.3 Å². The molecule has 0 unspecified atom stereocenters. The first-order valence-electron chi connectivity index (χ1n) is 6.77. The number of ether oxygens (including phenoxy) is 1. The van der Waals surface area contributed by atoms with Crippen LogP contribution in [0.3, 0.4) is 0 Å². The highest BCUT2D eigenvalue weighted by Crippen LogP contribution is 2.14. The van der Waals surface area contributed by atoms with E-state index in [0.29, 0.717) is 5.82 Å². The Kier molecular flexibility index (Phi) is 5.33. The molecule has 0 atom stereocenters. The number of aryl methyl sites for hydroxylation is 2. The fourth-order valence-electron chi connectivity index (χ4n) is 1.70. The van der Waals surface area contributed by atoms with E-state index in [0.717, 1.165) is 30.5 Å². The van der Waals surface area contributed by atoms with Gasteiger partial charge in [-0.15, -0.1) is 0 Å². The maximum absolute atomic E-state index is 11.7. The SMILES string of the molecule is CCCCc1cc(C)cc(NC(=O)OC(C)(C)C)n1. The Balaban J connectivity index is 2.72. The summed E-state index contributed by atoms with van der Waals surface area (Å²) in [6.07, 6.45) is 2.69. The number of pyridine rings is 1. The van der Waals surface area contributed by atoms with Crippen LogP contribution in [0.1, 0.15) is 51.8 Å². The van der Waals surface area contributed by atoms with E-state index in [9.17, 15) is 4.79 Å². The molecule has 1 heterocycles. The number of nitrogens with one attached hydrogen (secondary N) is 1. The summed E-state index contributed by atoms with van der Waals surface area (Å²) in [7, 11) is 0. The number of carbonyl (C=O) groups excluding carboxylic acids is 1. The smallest absolute Gasteiger partial charge is 0.413 e. The van der Waals surface area contributed by atoms with Crippen LogP contribution in [0.5, 0.6) is 0 Å². The van der Waals surface area contributed by atoms with Crippen molar-refractivity contribution in [2.75, 3.05) is 5.32 Å². The van der Waals surface area contributed by atoms with Gasteiger partial charge in [-0.3, -0.25) is 5.32 Å². The number of aromatic nitrogens is 1. The lowest BCUT2D eigenvalue weighted by Gasteiger charge is -2.19. The molecule has 1 aromatic rings. The van der Waals surface area contributed by atoms with E-state index in [1.807, 2.05) is 33.8 Å². The lowest BCUT2D eigenvalue weighted by molar-refractivity contribution is 0.0635. The molecular weight excluding hydrogens is 240 g/mol. The van der Waals surface area contributed by atoms with E-state index in [1.165, 1.54) is 0 Å². The molecule has 0 spiro atoms. The normalized spacial score (nSPS) is 11.2. The van der Waals surface area contributed by atoms with Crippen molar-refractivity contribution < 1.29 is 9.53 Å². The average Bonchev–Trinajstić information content (AvgIpc) is 2.22. The van der Waals surface area contributed by atoms with E-state index < -0.39 is 11.7 Å². The number of anilines is 1. The van der Waals surface area contributed by atoms with Gasteiger partial charge in [-0.2, -0.15) is 0 Å². The maximum Gasteiger partial charge on any atom is 0.413 e. The molecule has 1 rings (SSSR count). The monoisotopic (exact) mass is 264 g/mol. The highest BCUT2D eigenvalue weighted by Gasteiger charge is 2.16. The summed E-state index contributed by atoms with van der Waals surface area (Å²) in [6.45, 7) is 9.65. The van der Waals surface area contributed by atoms with Gasteiger partial charge in [-0.25, -0.2) is 9.78 Å². The summed E-state index contributed by atoms with van der Waals surface area (Å²) in [6, 6.07) is 3.90. The first-order chi connectivity index (χ1) is 8.80. The number of rotatable bonds is 4. The minimum absolute atomic E-state index is 0.466. The van der Waals surface area contributed by atoms with Crippen molar-refractivity contribution in [3.63, 3.8) is 0 Å². The van der Waals surface area contributed by atoms with Gasteiger partial charge < -0.3 is 4.74 Å². The van der Waals surface area contributed by atoms with Crippen molar-refractivity contribution >= 4 is 11.9 Å². The van der Waals surface area contributed by atoms with Gasteiger partial charge in [0.05, 0.1) is 0 Å². The highest BCUT2D eigenvalue weighted by atomic mass is 16.6. The molecule has 106 valence electrons. The second kappa shape index (κ2) is 6.55. The Labute approximate surface area is 115 Å².